The van der Waals surface area contributed by atoms with E-state index in [1.165, 1.54) is 0 Å². The Morgan fingerprint density at radius 2 is 1.85 bits per heavy atom. The van der Waals surface area contributed by atoms with Gasteiger partial charge in [0, 0.05) is 17.3 Å². The summed E-state index contributed by atoms with van der Waals surface area (Å²) in [6, 6.07) is 0.0193. The van der Waals surface area contributed by atoms with Gasteiger partial charge < -0.3 is 4.55 Å². The van der Waals surface area contributed by atoms with Gasteiger partial charge in [-0.15, -0.1) is 0 Å². The maximum absolute atomic E-state index is 10.5. The molecule has 0 aromatic carbocycles. The van der Waals surface area contributed by atoms with E-state index in [4.69, 9.17) is 0 Å². The third-order valence-electron chi connectivity index (χ3n) is 1.99. The van der Waals surface area contributed by atoms with Gasteiger partial charge in [0.15, 0.2) is 0 Å². The predicted molar refractivity (Wildman–Crippen MR) is 54.8 cm³/mol. The summed E-state index contributed by atoms with van der Waals surface area (Å²) in [5, 5.41) is 0. The van der Waals surface area contributed by atoms with Crippen molar-refractivity contribution in [2.45, 2.75) is 47.1 Å². The molecule has 0 spiro atoms. The van der Waals surface area contributed by atoms with Crippen molar-refractivity contribution < 1.29 is 8.76 Å². The van der Waals surface area contributed by atoms with Gasteiger partial charge in [-0.05, 0) is 17.8 Å². The molecule has 1 N–H and O–H groups in total. The Bertz CT molecular complexity index is 175. The van der Waals surface area contributed by atoms with Crippen molar-refractivity contribution in [3.8, 4) is 0 Å². The van der Waals surface area contributed by atoms with E-state index in [0.29, 0.717) is 5.92 Å². The van der Waals surface area contributed by atoms with Crippen molar-refractivity contribution in [3.05, 3.63) is 0 Å². The first-order chi connectivity index (χ1) is 5.73. The molecule has 0 fully saturated rings. The van der Waals surface area contributed by atoms with Gasteiger partial charge in [-0.3, -0.25) is 4.21 Å². The smallest absolute Gasteiger partial charge is 0.0235 e. The fourth-order valence-corrected chi connectivity index (χ4v) is 1.85. The van der Waals surface area contributed by atoms with E-state index < -0.39 is 11.3 Å². The van der Waals surface area contributed by atoms with Crippen LogP contribution in [-0.4, -0.2) is 14.8 Å². The summed E-state index contributed by atoms with van der Waals surface area (Å²) in [5.74, 6) is 0.500. The van der Waals surface area contributed by atoms with Crippen LogP contribution in [0.2, 0.25) is 0 Å². The first-order valence-corrected chi connectivity index (χ1v) is 5.66. The Kier molecular flexibility index (Phi) is 5.10. The molecule has 0 amide bonds. The van der Waals surface area contributed by atoms with E-state index in [9.17, 15) is 8.76 Å². The highest BCUT2D eigenvalue weighted by atomic mass is 32.2. The van der Waals surface area contributed by atoms with Crippen LogP contribution < -0.4 is 4.72 Å². The molecule has 0 bridgehead atoms. The van der Waals surface area contributed by atoms with Crippen LogP contribution >= 0.6 is 0 Å². The van der Waals surface area contributed by atoms with Crippen molar-refractivity contribution in [1.82, 2.24) is 4.72 Å². The Balaban J connectivity index is 4.28. The first-order valence-electron chi connectivity index (χ1n) is 4.59. The standard InChI is InChI=1S/C9H21NO2S/c1-7(2)6-8(9(3,4)5)10-13(11)12/h7-8,10H,6H2,1-5H3,(H,11,12)/p-1. The summed E-state index contributed by atoms with van der Waals surface area (Å²) in [6.07, 6.45) is 0.872. The van der Waals surface area contributed by atoms with Crippen molar-refractivity contribution in [2.75, 3.05) is 0 Å². The SMILES string of the molecule is CC(C)CC(NS(=O)[O-])C(C)(C)C. The minimum atomic E-state index is -2.16. The number of hydrogen-bond acceptors (Lipinski definition) is 2. The molecule has 0 aliphatic heterocycles. The highest BCUT2D eigenvalue weighted by molar-refractivity contribution is 7.77. The summed E-state index contributed by atoms with van der Waals surface area (Å²) in [4.78, 5) is 0. The average molecular weight is 206 g/mol. The van der Waals surface area contributed by atoms with Crippen LogP contribution in [0.25, 0.3) is 0 Å². The zero-order chi connectivity index (χ0) is 10.6. The minimum absolute atomic E-state index is 0.0193. The van der Waals surface area contributed by atoms with E-state index in [1.807, 2.05) is 20.8 Å². The molecular weight excluding hydrogens is 186 g/mol. The van der Waals surface area contributed by atoms with Crippen molar-refractivity contribution in [2.24, 2.45) is 11.3 Å². The van der Waals surface area contributed by atoms with Crippen LogP contribution in [0.5, 0.6) is 0 Å². The monoisotopic (exact) mass is 206 g/mol. The van der Waals surface area contributed by atoms with Gasteiger partial charge in [0.05, 0.1) is 0 Å². The zero-order valence-electron chi connectivity index (χ0n) is 9.09. The quantitative estimate of drug-likeness (QED) is 0.713. The first kappa shape index (κ1) is 13.1. The summed E-state index contributed by atoms with van der Waals surface area (Å²) < 4.78 is 23.6. The molecule has 80 valence electrons. The molecule has 2 atom stereocenters. The fourth-order valence-electron chi connectivity index (χ4n) is 1.17. The molecule has 0 aromatic heterocycles. The summed E-state index contributed by atoms with van der Waals surface area (Å²) in [5.41, 5.74) is -0.0235. The van der Waals surface area contributed by atoms with Gasteiger partial charge in [0.1, 0.15) is 0 Å². The van der Waals surface area contributed by atoms with Gasteiger partial charge in [-0.25, -0.2) is 4.72 Å². The van der Waals surface area contributed by atoms with Crippen LogP contribution in [0.15, 0.2) is 0 Å². The molecule has 3 nitrogen and oxygen atoms in total. The van der Waals surface area contributed by atoms with Gasteiger partial charge in [0.25, 0.3) is 0 Å². The van der Waals surface area contributed by atoms with Gasteiger partial charge in [0.2, 0.25) is 0 Å². The van der Waals surface area contributed by atoms with Crippen molar-refractivity contribution in [1.29, 1.82) is 0 Å². The summed E-state index contributed by atoms with van der Waals surface area (Å²) in [6.45, 7) is 10.3. The Morgan fingerprint density at radius 1 is 1.38 bits per heavy atom. The van der Waals surface area contributed by atoms with Crippen LogP contribution in [0.4, 0.5) is 0 Å². The van der Waals surface area contributed by atoms with E-state index in [-0.39, 0.29) is 11.5 Å². The third kappa shape index (κ3) is 6.18. The highest BCUT2D eigenvalue weighted by Gasteiger charge is 2.24. The van der Waals surface area contributed by atoms with Gasteiger partial charge in [-0.2, -0.15) is 0 Å². The molecule has 0 rings (SSSR count). The molecule has 0 aliphatic carbocycles. The molecule has 4 heteroatoms. The molecular formula is C9H20NO2S-. The van der Waals surface area contributed by atoms with Crippen molar-refractivity contribution >= 4 is 11.3 Å². The number of nitrogens with one attached hydrogen (secondary N) is 1. The number of rotatable bonds is 4. The molecule has 0 aromatic rings. The van der Waals surface area contributed by atoms with Crippen LogP contribution in [0.3, 0.4) is 0 Å². The number of hydrogen-bond donors (Lipinski definition) is 1. The minimum Gasteiger partial charge on any atom is -0.760 e. The van der Waals surface area contributed by atoms with E-state index in [2.05, 4.69) is 18.6 Å². The largest absolute Gasteiger partial charge is 0.760 e. The lowest BCUT2D eigenvalue weighted by molar-refractivity contribution is 0.260. The van der Waals surface area contributed by atoms with E-state index in [1.54, 1.807) is 0 Å². The summed E-state index contributed by atoms with van der Waals surface area (Å²) in [7, 11) is 0. The summed E-state index contributed by atoms with van der Waals surface area (Å²) >= 11 is -2.16. The second-order valence-electron chi connectivity index (χ2n) is 4.90. The molecule has 0 saturated heterocycles. The average Bonchev–Trinajstić information content (AvgIpc) is 1.81. The molecule has 0 aliphatic rings. The van der Waals surface area contributed by atoms with Gasteiger partial charge >= 0.3 is 0 Å². The third-order valence-corrected chi connectivity index (χ3v) is 2.47. The normalized spacial score (nSPS) is 17.5. The van der Waals surface area contributed by atoms with E-state index in [0.717, 1.165) is 6.42 Å². The van der Waals surface area contributed by atoms with Crippen LogP contribution in [0.1, 0.15) is 41.0 Å². The second-order valence-corrected chi connectivity index (χ2v) is 5.61. The van der Waals surface area contributed by atoms with Crippen molar-refractivity contribution in [3.63, 3.8) is 0 Å². The zero-order valence-corrected chi connectivity index (χ0v) is 9.90. The molecule has 0 heterocycles. The van der Waals surface area contributed by atoms with Gasteiger partial charge in [-0.1, -0.05) is 34.6 Å². The fraction of sp³-hybridized carbons (Fsp3) is 1.00. The second kappa shape index (κ2) is 5.08. The Morgan fingerprint density at radius 3 is 2.08 bits per heavy atom. The highest BCUT2D eigenvalue weighted by Crippen LogP contribution is 2.24. The lowest BCUT2D eigenvalue weighted by atomic mass is 9.83. The van der Waals surface area contributed by atoms with E-state index >= 15 is 0 Å². The lowest BCUT2D eigenvalue weighted by Gasteiger charge is -2.33. The molecule has 0 radical (unpaired) electrons. The van der Waals surface area contributed by atoms with Crippen LogP contribution in [0, 0.1) is 11.3 Å². The lowest BCUT2D eigenvalue weighted by Crippen LogP contribution is -2.42. The molecule has 0 saturated carbocycles. The topological polar surface area (TPSA) is 52.2 Å². The van der Waals surface area contributed by atoms with Crippen LogP contribution in [-0.2, 0) is 11.3 Å². The maximum Gasteiger partial charge on any atom is 0.0235 e. The maximum atomic E-state index is 10.5. The Hall–Kier alpha value is 0.0700. The Labute approximate surface area is 83.7 Å². The molecule has 2 unspecified atom stereocenters. The predicted octanol–water partition coefficient (Wildman–Crippen LogP) is 1.83. The molecule has 13 heavy (non-hydrogen) atoms.